The van der Waals surface area contributed by atoms with Crippen molar-refractivity contribution in [3.63, 3.8) is 0 Å². The molecule has 0 aromatic heterocycles. The first kappa shape index (κ1) is 19.5. The summed E-state index contributed by atoms with van der Waals surface area (Å²) in [5, 5.41) is 8.60. The molecule has 0 rings (SSSR count). The van der Waals surface area contributed by atoms with Gasteiger partial charge in [0.15, 0.2) is 0 Å². The highest BCUT2D eigenvalue weighted by molar-refractivity contribution is 5.66. The average molecular weight is 284 g/mol. The Morgan fingerprint density at radius 3 is 1.75 bits per heavy atom. The summed E-state index contributed by atoms with van der Waals surface area (Å²) in [6.07, 6.45) is 14.2. The summed E-state index contributed by atoms with van der Waals surface area (Å²) in [6, 6.07) is 0. The van der Waals surface area contributed by atoms with Crippen LogP contribution in [0.15, 0.2) is 0 Å². The minimum absolute atomic E-state index is 0.339. The third kappa shape index (κ3) is 10.3. The molecule has 0 amide bonds. The van der Waals surface area contributed by atoms with Gasteiger partial charge >= 0.3 is 5.97 Å². The maximum absolute atomic E-state index is 10.4. The minimum Gasteiger partial charge on any atom is -0.481 e. The van der Waals surface area contributed by atoms with Crippen LogP contribution in [0.1, 0.15) is 97.8 Å². The normalized spacial score (nSPS) is 14.2. The molecule has 0 fully saturated rings. The van der Waals surface area contributed by atoms with E-state index in [0.717, 1.165) is 24.7 Å². The summed E-state index contributed by atoms with van der Waals surface area (Å²) in [4.78, 5) is 10.4. The number of carboxylic acids is 1. The molecule has 20 heavy (non-hydrogen) atoms. The van der Waals surface area contributed by atoms with Crippen molar-refractivity contribution in [2.45, 2.75) is 97.8 Å². The Labute approximate surface area is 126 Å². The van der Waals surface area contributed by atoms with E-state index in [-0.39, 0.29) is 0 Å². The lowest BCUT2D eigenvalue weighted by molar-refractivity contribution is -0.137. The predicted octanol–water partition coefficient (Wildman–Crippen LogP) is 6.04. The van der Waals surface area contributed by atoms with E-state index >= 15 is 0 Å². The third-order valence-electron chi connectivity index (χ3n) is 4.61. The molecule has 0 aliphatic rings. The van der Waals surface area contributed by atoms with Crippen molar-refractivity contribution in [2.75, 3.05) is 0 Å². The van der Waals surface area contributed by atoms with Crippen LogP contribution in [0.4, 0.5) is 0 Å². The van der Waals surface area contributed by atoms with Crippen LogP contribution in [-0.4, -0.2) is 11.1 Å². The van der Waals surface area contributed by atoms with Gasteiger partial charge < -0.3 is 5.11 Å². The fourth-order valence-electron chi connectivity index (χ4n) is 3.24. The second kappa shape index (κ2) is 13.5. The topological polar surface area (TPSA) is 37.3 Å². The highest BCUT2D eigenvalue weighted by Gasteiger charge is 2.17. The lowest BCUT2D eigenvalue weighted by Gasteiger charge is -2.25. The van der Waals surface area contributed by atoms with Gasteiger partial charge in [0.1, 0.15) is 0 Å². The molecule has 2 heteroatoms. The molecule has 0 aromatic carbocycles. The van der Waals surface area contributed by atoms with Crippen LogP contribution in [0.25, 0.3) is 0 Å². The van der Waals surface area contributed by atoms with Crippen LogP contribution in [-0.2, 0) is 4.79 Å². The van der Waals surface area contributed by atoms with Gasteiger partial charge in [0.25, 0.3) is 0 Å². The zero-order valence-corrected chi connectivity index (χ0v) is 14.0. The first-order valence-corrected chi connectivity index (χ1v) is 8.87. The quantitative estimate of drug-likeness (QED) is 0.394. The predicted molar refractivity (Wildman–Crippen MR) is 87.0 cm³/mol. The van der Waals surface area contributed by atoms with E-state index in [1.54, 1.807) is 0 Å². The van der Waals surface area contributed by atoms with Crippen molar-refractivity contribution in [1.82, 2.24) is 0 Å². The van der Waals surface area contributed by atoms with Gasteiger partial charge in [-0.05, 0) is 18.3 Å². The number of rotatable bonds is 14. The number of carbonyl (C=O) groups is 1. The molecule has 0 aromatic rings. The van der Waals surface area contributed by atoms with Gasteiger partial charge in [0, 0.05) is 6.42 Å². The Morgan fingerprint density at radius 2 is 1.30 bits per heavy atom. The zero-order chi connectivity index (χ0) is 15.2. The van der Waals surface area contributed by atoms with Gasteiger partial charge in [-0.3, -0.25) is 4.79 Å². The summed E-state index contributed by atoms with van der Waals surface area (Å²) >= 11 is 0. The van der Waals surface area contributed by atoms with Crippen LogP contribution in [0.3, 0.4) is 0 Å². The number of hydrogen-bond acceptors (Lipinski definition) is 1. The van der Waals surface area contributed by atoms with Gasteiger partial charge in [-0.15, -0.1) is 0 Å². The van der Waals surface area contributed by atoms with Crippen LogP contribution < -0.4 is 0 Å². The molecule has 0 radical (unpaired) electrons. The smallest absolute Gasteiger partial charge is 0.303 e. The van der Waals surface area contributed by atoms with Gasteiger partial charge in [0.05, 0.1) is 0 Å². The molecule has 0 saturated heterocycles. The molecule has 0 saturated carbocycles. The molecular weight excluding hydrogens is 248 g/mol. The Morgan fingerprint density at radius 1 is 0.800 bits per heavy atom. The molecule has 120 valence electrons. The number of unbranched alkanes of at least 4 members (excludes halogenated alkanes) is 5. The van der Waals surface area contributed by atoms with Crippen molar-refractivity contribution in [3.8, 4) is 0 Å². The summed E-state index contributed by atoms with van der Waals surface area (Å²) in [5.74, 6) is 1.14. The second-order valence-electron chi connectivity index (χ2n) is 6.18. The third-order valence-corrected chi connectivity index (χ3v) is 4.61. The molecular formula is C18H36O2. The van der Waals surface area contributed by atoms with Gasteiger partial charge in [-0.1, -0.05) is 85.0 Å². The lowest BCUT2D eigenvalue weighted by atomic mass is 9.81. The van der Waals surface area contributed by atoms with E-state index in [0.29, 0.717) is 6.42 Å². The Hall–Kier alpha value is -0.530. The largest absolute Gasteiger partial charge is 0.481 e. The van der Waals surface area contributed by atoms with Crippen molar-refractivity contribution in [3.05, 3.63) is 0 Å². The van der Waals surface area contributed by atoms with Crippen molar-refractivity contribution in [2.24, 2.45) is 11.8 Å². The highest BCUT2D eigenvalue weighted by atomic mass is 16.4. The standard InChI is InChI=1S/C18H36O2/c1-4-7-10-13-16(5-2)17(6-3)14-11-8-9-12-15-18(19)20/h16-17H,4-15H2,1-3H3,(H,19,20). The Bertz CT molecular complexity index is 225. The van der Waals surface area contributed by atoms with Gasteiger partial charge in [-0.25, -0.2) is 0 Å². The summed E-state index contributed by atoms with van der Waals surface area (Å²) < 4.78 is 0. The minimum atomic E-state index is -0.654. The summed E-state index contributed by atoms with van der Waals surface area (Å²) in [5.41, 5.74) is 0. The molecule has 2 unspecified atom stereocenters. The van der Waals surface area contributed by atoms with Crippen molar-refractivity contribution in [1.29, 1.82) is 0 Å². The van der Waals surface area contributed by atoms with E-state index in [2.05, 4.69) is 20.8 Å². The Kier molecular flexibility index (Phi) is 13.1. The van der Waals surface area contributed by atoms with Crippen LogP contribution in [0, 0.1) is 11.8 Å². The molecule has 0 heterocycles. The molecule has 0 aliphatic carbocycles. The fraction of sp³-hybridized carbons (Fsp3) is 0.944. The Balaban J connectivity index is 3.78. The van der Waals surface area contributed by atoms with Crippen molar-refractivity contribution < 1.29 is 9.90 Å². The molecule has 2 atom stereocenters. The van der Waals surface area contributed by atoms with E-state index in [9.17, 15) is 4.79 Å². The lowest BCUT2D eigenvalue weighted by Crippen LogP contribution is -2.13. The zero-order valence-electron chi connectivity index (χ0n) is 14.0. The maximum atomic E-state index is 10.4. The number of hydrogen-bond donors (Lipinski definition) is 1. The van der Waals surface area contributed by atoms with E-state index in [1.807, 2.05) is 0 Å². The van der Waals surface area contributed by atoms with Crippen LogP contribution >= 0.6 is 0 Å². The first-order chi connectivity index (χ1) is 9.65. The number of aliphatic carboxylic acids is 1. The average Bonchev–Trinajstić information content (AvgIpc) is 2.43. The van der Waals surface area contributed by atoms with Gasteiger partial charge in [0.2, 0.25) is 0 Å². The molecule has 0 aliphatic heterocycles. The van der Waals surface area contributed by atoms with Crippen LogP contribution in [0.2, 0.25) is 0 Å². The monoisotopic (exact) mass is 284 g/mol. The van der Waals surface area contributed by atoms with Gasteiger partial charge in [-0.2, -0.15) is 0 Å². The first-order valence-electron chi connectivity index (χ1n) is 8.87. The van der Waals surface area contributed by atoms with Crippen LogP contribution in [0.5, 0.6) is 0 Å². The summed E-state index contributed by atoms with van der Waals surface area (Å²) in [6.45, 7) is 6.94. The second-order valence-corrected chi connectivity index (χ2v) is 6.18. The molecule has 0 spiro atoms. The van der Waals surface area contributed by atoms with E-state index < -0.39 is 5.97 Å². The number of carboxylic acid groups (broad SMARTS) is 1. The maximum Gasteiger partial charge on any atom is 0.303 e. The van der Waals surface area contributed by atoms with E-state index in [4.69, 9.17) is 5.11 Å². The highest BCUT2D eigenvalue weighted by Crippen LogP contribution is 2.29. The fourth-order valence-corrected chi connectivity index (χ4v) is 3.24. The summed E-state index contributed by atoms with van der Waals surface area (Å²) in [7, 11) is 0. The molecule has 1 N–H and O–H groups in total. The molecule has 0 bridgehead atoms. The van der Waals surface area contributed by atoms with E-state index in [1.165, 1.54) is 57.8 Å². The van der Waals surface area contributed by atoms with Crippen molar-refractivity contribution >= 4 is 5.97 Å². The molecule has 2 nitrogen and oxygen atoms in total. The SMILES string of the molecule is CCCCCC(CC)C(CC)CCCCCCC(=O)O.